The molecule has 0 aromatic carbocycles. The molecular formula is C8H13N3O2S. The van der Waals surface area contributed by atoms with E-state index in [1.54, 1.807) is 18.5 Å². The van der Waals surface area contributed by atoms with Gasteiger partial charge < -0.3 is 0 Å². The third-order valence-electron chi connectivity index (χ3n) is 1.66. The smallest absolute Gasteiger partial charge is 0.264 e. The highest BCUT2D eigenvalue weighted by molar-refractivity contribution is 7.87. The van der Waals surface area contributed by atoms with Gasteiger partial charge in [-0.3, -0.25) is 4.98 Å². The summed E-state index contributed by atoms with van der Waals surface area (Å²) in [5.74, 6) is 0. The highest BCUT2D eigenvalue weighted by Gasteiger charge is 2.11. The Morgan fingerprint density at radius 2 is 2.21 bits per heavy atom. The van der Waals surface area contributed by atoms with Crippen molar-refractivity contribution in [3.63, 3.8) is 0 Å². The van der Waals surface area contributed by atoms with Gasteiger partial charge in [-0.2, -0.15) is 17.4 Å². The first-order chi connectivity index (χ1) is 6.52. The SMILES string of the molecule is CN(C)S(=O)(=O)NCc1cccnc1. The predicted molar refractivity (Wildman–Crippen MR) is 53.7 cm³/mol. The van der Waals surface area contributed by atoms with Crippen LogP contribution in [0.1, 0.15) is 5.56 Å². The number of aromatic nitrogens is 1. The molecule has 0 unspecified atom stereocenters. The Morgan fingerprint density at radius 1 is 1.50 bits per heavy atom. The molecule has 0 radical (unpaired) electrons. The molecule has 14 heavy (non-hydrogen) atoms. The van der Waals surface area contributed by atoms with Gasteiger partial charge in [-0.25, -0.2) is 0 Å². The van der Waals surface area contributed by atoms with Crippen LogP contribution in [0.3, 0.4) is 0 Å². The van der Waals surface area contributed by atoms with Crippen LogP contribution in [0.4, 0.5) is 0 Å². The first kappa shape index (κ1) is 11.1. The second-order valence-corrected chi connectivity index (χ2v) is 4.94. The van der Waals surface area contributed by atoms with Crippen LogP contribution in [-0.2, 0) is 16.8 Å². The Bertz CT molecular complexity index is 375. The average molecular weight is 215 g/mol. The molecule has 0 amide bonds. The monoisotopic (exact) mass is 215 g/mol. The summed E-state index contributed by atoms with van der Waals surface area (Å²) in [5, 5.41) is 0. The van der Waals surface area contributed by atoms with Gasteiger partial charge in [0.05, 0.1) is 0 Å². The summed E-state index contributed by atoms with van der Waals surface area (Å²) >= 11 is 0. The molecule has 0 saturated heterocycles. The van der Waals surface area contributed by atoms with Crippen molar-refractivity contribution in [3.8, 4) is 0 Å². The zero-order valence-electron chi connectivity index (χ0n) is 8.14. The lowest BCUT2D eigenvalue weighted by molar-refractivity contribution is 0.505. The number of hydrogen-bond acceptors (Lipinski definition) is 3. The maximum absolute atomic E-state index is 11.3. The van der Waals surface area contributed by atoms with Crippen LogP contribution in [0, 0.1) is 0 Å². The summed E-state index contributed by atoms with van der Waals surface area (Å²) in [6, 6.07) is 3.57. The van der Waals surface area contributed by atoms with Crippen molar-refractivity contribution in [2.75, 3.05) is 14.1 Å². The van der Waals surface area contributed by atoms with Gasteiger partial charge >= 0.3 is 0 Å². The lowest BCUT2D eigenvalue weighted by Gasteiger charge is -2.11. The average Bonchev–Trinajstić information content (AvgIpc) is 2.16. The van der Waals surface area contributed by atoms with Crippen molar-refractivity contribution >= 4 is 10.2 Å². The largest absolute Gasteiger partial charge is 0.279 e. The van der Waals surface area contributed by atoms with Gasteiger partial charge in [-0.05, 0) is 11.6 Å². The van der Waals surface area contributed by atoms with Crippen LogP contribution >= 0.6 is 0 Å². The van der Waals surface area contributed by atoms with E-state index >= 15 is 0 Å². The molecule has 0 aliphatic heterocycles. The van der Waals surface area contributed by atoms with Gasteiger partial charge in [-0.1, -0.05) is 6.07 Å². The number of nitrogens with zero attached hydrogens (tertiary/aromatic N) is 2. The molecule has 6 heteroatoms. The van der Waals surface area contributed by atoms with E-state index in [9.17, 15) is 8.42 Å². The van der Waals surface area contributed by atoms with E-state index in [4.69, 9.17) is 0 Å². The molecular weight excluding hydrogens is 202 g/mol. The van der Waals surface area contributed by atoms with Gasteiger partial charge in [0.1, 0.15) is 0 Å². The quantitative estimate of drug-likeness (QED) is 0.767. The van der Waals surface area contributed by atoms with E-state index < -0.39 is 10.2 Å². The molecule has 0 atom stereocenters. The maximum Gasteiger partial charge on any atom is 0.279 e. The Kier molecular flexibility index (Phi) is 3.56. The van der Waals surface area contributed by atoms with E-state index in [0.717, 1.165) is 9.87 Å². The van der Waals surface area contributed by atoms with E-state index in [0.29, 0.717) is 0 Å². The normalized spacial score (nSPS) is 11.9. The highest BCUT2D eigenvalue weighted by atomic mass is 32.2. The highest BCUT2D eigenvalue weighted by Crippen LogP contribution is 1.97. The van der Waals surface area contributed by atoms with Crippen LogP contribution in [0.25, 0.3) is 0 Å². The third-order valence-corrected chi connectivity index (χ3v) is 3.13. The van der Waals surface area contributed by atoms with Crippen LogP contribution < -0.4 is 4.72 Å². The molecule has 0 aliphatic rings. The molecule has 0 aliphatic carbocycles. The minimum absolute atomic E-state index is 0.258. The molecule has 1 N–H and O–H groups in total. The first-order valence-corrected chi connectivity index (χ1v) is 5.52. The molecule has 0 spiro atoms. The molecule has 1 aromatic heterocycles. The molecule has 1 rings (SSSR count). The Labute approximate surface area is 84.0 Å². The van der Waals surface area contributed by atoms with Crippen molar-refractivity contribution in [1.82, 2.24) is 14.0 Å². The molecule has 1 heterocycles. The van der Waals surface area contributed by atoms with Crippen LogP contribution in [0.2, 0.25) is 0 Å². The molecule has 1 aromatic rings. The fourth-order valence-corrected chi connectivity index (χ4v) is 1.41. The topological polar surface area (TPSA) is 62.3 Å². The molecule has 0 bridgehead atoms. The Balaban J connectivity index is 2.58. The lowest BCUT2D eigenvalue weighted by atomic mass is 10.3. The van der Waals surface area contributed by atoms with Crippen molar-refractivity contribution in [2.24, 2.45) is 0 Å². The van der Waals surface area contributed by atoms with E-state index in [2.05, 4.69) is 9.71 Å². The maximum atomic E-state index is 11.3. The van der Waals surface area contributed by atoms with E-state index in [-0.39, 0.29) is 6.54 Å². The third kappa shape index (κ3) is 3.06. The summed E-state index contributed by atoms with van der Waals surface area (Å²) in [6.07, 6.45) is 3.27. The van der Waals surface area contributed by atoms with Crippen molar-refractivity contribution in [2.45, 2.75) is 6.54 Å². The van der Waals surface area contributed by atoms with Gasteiger partial charge in [0.2, 0.25) is 0 Å². The summed E-state index contributed by atoms with van der Waals surface area (Å²) < 4.78 is 26.2. The van der Waals surface area contributed by atoms with E-state index in [1.807, 2.05) is 6.07 Å². The molecule has 0 saturated carbocycles. The minimum Gasteiger partial charge on any atom is -0.264 e. The minimum atomic E-state index is -3.34. The number of rotatable bonds is 4. The van der Waals surface area contributed by atoms with Crippen molar-refractivity contribution < 1.29 is 8.42 Å². The summed E-state index contributed by atoms with van der Waals surface area (Å²) in [6.45, 7) is 0.258. The number of nitrogens with one attached hydrogen (secondary N) is 1. The standard InChI is InChI=1S/C8H13N3O2S/c1-11(2)14(12,13)10-7-8-4-3-5-9-6-8/h3-6,10H,7H2,1-2H3. The summed E-state index contributed by atoms with van der Waals surface area (Å²) in [4.78, 5) is 3.88. The molecule has 0 fully saturated rings. The van der Waals surface area contributed by atoms with Gasteiger partial charge in [0.25, 0.3) is 10.2 Å². The number of pyridine rings is 1. The van der Waals surface area contributed by atoms with Crippen molar-refractivity contribution in [3.05, 3.63) is 30.1 Å². The summed E-state index contributed by atoms with van der Waals surface area (Å²) in [7, 11) is -0.385. The Hall–Kier alpha value is -0.980. The predicted octanol–water partition coefficient (Wildman–Crippen LogP) is -0.0224. The Morgan fingerprint density at radius 3 is 2.71 bits per heavy atom. The van der Waals surface area contributed by atoms with Crippen LogP contribution in [-0.4, -0.2) is 31.8 Å². The molecule has 78 valence electrons. The van der Waals surface area contributed by atoms with Crippen LogP contribution in [0.15, 0.2) is 24.5 Å². The van der Waals surface area contributed by atoms with Gasteiger partial charge in [-0.15, -0.1) is 0 Å². The zero-order valence-corrected chi connectivity index (χ0v) is 8.95. The number of hydrogen-bond donors (Lipinski definition) is 1. The molecule has 5 nitrogen and oxygen atoms in total. The van der Waals surface area contributed by atoms with Crippen molar-refractivity contribution in [1.29, 1.82) is 0 Å². The van der Waals surface area contributed by atoms with E-state index in [1.165, 1.54) is 14.1 Å². The van der Waals surface area contributed by atoms with Crippen LogP contribution in [0.5, 0.6) is 0 Å². The second-order valence-electron chi connectivity index (χ2n) is 2.97. The fourth-order valence-electron chi connectivity index (χ4n) is 0.806. The second kappa shape index (κ2) is 4.50. The lowest BCUT2D eigenvalue weighted by Crippen LogP contribution is -2.35. The summed E-state index contributed by atoms with van der Waals surface area (Å²) in [5.41, 5.74) is 0.831. The fraction of sp³-hybridized carbons (Fsp3) is 0.375. The first-order valence-electron chi connectivity index (χ1n) is 4.08. The van der Waals surface area contributed by atoms with Gasteiger partial charge in [0, 0.05) is 33.0 Å². The van der Waals surface area contributed by atoms with Gasteiger partial charge in [0.15, 0.2) is 0 Å². The zero-order chi connectivity index (χ0) is 10.6.